The molecule has 0 aromatic carbocycles. The third kappa shape index (κ3) is 4.03. The second kappa shape index (κ2) is 6.24. The first-order valence-corrected chi connectivity index (χ1v) is 6.85. The zero-order chi connectivity index (χ0) is 13.8. The molecule has 0 aliphatic heterocycles. The van der Waals surface area contributed by atoms with E-state index in [1.807, 2.05) is 24.7 Å². The molecule has 0 spiro atoms. The maximum atomic E-state index is 11.7. The monoisotopic (exact) mass is 271 g/mol. The van der Waals surface area contributed by atoms with Gasteiger partial charge in [-0.2, -0.15) is 0 Å². The maximum Gasteiger partial charge on any atom is 0.325 e. The Morgan fingerprint density at radius 2 is 2.39 bits per heavy atom. The van der Waals surface area contributed by atoms with Gasteiger partial charge in [-0.15, -0.1) is 0 Å². The van der Waals surface area contributed by atoms with Crippen molar-refractivity contribution in [2.75, 3.05) is 6.61 Å². The SMILES string of the molecule is CCOC(=O)C(C)(N)CC(C)Sc1nccn1C. The van der Waals surface area contributed by atoms with Crippen LogP contribution in [0.4, 0.5) is 0 Å². The van der Waals surface area contributed by atoms with E-state index < -0.39 is 5.54 Å². The first-order valence-electron chi connectivity index (χ1n) is 5.97. The fourth-order valence-corrected chi connectivity index (χ4v) is 2.80. The van der Waals surface area contributed by atoms with Gasteiger partial charge in [-0.1, -0.05) is 18.7 Å². The number of hydrogen-bond donors (Lipinski definition) is 1. The van der Waals surface area contributed by atoms with E-state index in [4.69, 9.17) is 10.5 Å². The summed E-state index contributed by atoms with van der Waals surface area (Å²) in [6, 6.07) is 0. The third-order valence-electron chi connectivity index (χ3n) is 2.54. The van der Waals surface area contributed by atoms with E-state index in [0.29, 0.717) is 13.0 Å². The van der Waals surface area contributed by atoms with Gasteiger partial charge >= 0.3 is 5.97 Å². The van der Waals surface area contributed by atoms with Crippen LogP contribution in [-0.2, 0) is 16.6 Å². The number of esters is 1. The van der Waals surface area contributed by atoms with Gasteiger partial charge in [-0.05, 0) is 20.3 Å². The number of aryl methyl sites for hydroxylation is 1. The first kappa shape index (κ1) is 15.0. The number of rotatable bonds is 6. The van der Waals surface area contributed by atoms with E-state index in [1.165, 1.54) is 0 Å². The van der Waals surface area contributed by atoms with Gasteiger partial charge in [0.25, 0.3) is 0 Å². The topological polar surface area (TPSA) is 70.1 Å². The van der Waals surface area contributed by atoms with Crippen molar-refractivity contribution in [2.45, 2.75) is 43.1 Å². The van der Waals surface area contributed by atoms with E-state index in [2.05, 4.69) is 4.98 Å². The van der Waals surface area contributed by atoms with Gasteiger partial charge in [0.2, 0.25) is 0 Å². The number of nitrogens with zero attached hydrogens (tertiary/aromatic N) is 2. The van der Waals surface area contributed by atoms with E-state index in [9.17, 15) is 4.79 Å². The molecule has 1 aromatic heterocycles. The van der Waals surface area contributed by atoms with Crippen LogP contribution in [0.3, 0.4) is 0 Å². The summed E-state index contributed by atoms with van der Waals surface area (Å²) in [5.41, 5.74) is 5.05. The second-order valence-corrected chi connectivity index (χ2v) is 6.00. The lowest BCUT2D eigenvalue weighted by Crippen LogP contribution is -2.47. The summed E-state index contributed by atoms with van der Waals surface area (Å²) in [5.74, 6) is -0.350. The quantitative estimate of drug-likeness (QED) is 0.628. The molecular weight excluding hydrogens is 250 g/mol. The largest absolute Gasteiger partial charge is 0.465 e. The average molecular weight is 271 g/mol. The Labute approximate surface area is 112 Å². The fraction of sp³-hybridized carbons (Fsp3) is 0.667. The van der Waals surface area contributed by atoms with Crippen LogP contribution in [0, 0.1) is 0 Å². The van der Waals surface area contributed by atoms with Crippen molar-refractivity contribution in [2.24, 2.45) is 12.8 Å². The van der Waals surface area contributed by atoms with Crippen molar-refractivity contribution in [1.82, 2.24) is 9.55 Å². The van der Waals surface area contributed by atoms with Crippen LogP contribution < -0.4 is 5.73 Å². The second-order valence-electron chi connectivity index (χ2n) is 4.59. The number of thioether (sulfide) groups is 1. The minimum absolute atomic E-state index is 0.186. The highest BCUT2D eigenvalue weighted by atomic mass is 32.2. The number of carbonyl (C=O) groups excluding carboxylic acids is 1. The van der Waals surface area contributed by atoms with Crippen molar-refractivity contribution in [3.05, 3.63) is 12.4 Å². The molecule has 1 rings (SSSR count). The Bertz CT molecular complexity index is 404. The smallest absolute Gasteiger partial charge is 0.325 e. The van der Waals surface area contributed by atoms with Crippen LogP contribution >= 0.6 is 11.8 Å². The number of nitrogens with two attached hydrogens (primary N) is 1. The van der Waals surface area contributed by atoms with Crippen LogP contribution in [0.2, 0.25) is 0 Å². The van der Waals surface area contributed by atoms with Crippen LogP contribution in [0.15, 0.2) is 17.6 Å². The van der Waals surface area contributed by atoms with E-state index in [0.717, 1.165) is 5.16 Å². The van der Waals surface area contributed by atoms with Crippen molar-refractivity contribution in [3.8, 4) is 0 Å². The highest BCUT2D eigenvalue weighted by molar-refractivity contribution is 7.99. The molecule has 1 heterocycles. The van der Waals surface area contributed by atoms with Gasteiger partial charge in [-0.3, -0.25) is 4.79 Å². The Hall–Kier alpha value is -1.01. The number of aromatic nitrogens is 2. The molecule has 2 atom stereocenters. The van der Waals surface area contributed by atoms with Crippen molar-refractivity contribution < 1.29 is 9.53 Å². The molecule has 5 nitrogen and oxygen atoms in total. The Balaban J connectivity index is 2.56. The number of hydrogen-bond acceptors (Lipinski definition) is 5. The summed E-state index contributed by atoms with van der Waals surface area (Å²) < 4.78 is 6.92. The zero-order valence-electron chi connectivity index (χ0n) is 11.3. The Kier molecular flexibility index (Phi) is 5.22. The molecule has 0 aliphatic carbocycles. The van der Waals surface area contributed by atoms with E-state index in [-0.39, 0.29) is 11.2 Å². The molecule has 2 unspecified atom stereocenters. The summed E-state index contributed by atoms with van der Waals surface area (Å²) in [4.78, 5) is 15.9. The zero-order valence-corrected chi connectivity index (χ0v) is 12.2. The standard InChI is InChI=1S/C12H21N3O2S/c1-5-17-10(16)12(3,13)8-9(2)18-11-14-6-7-15(11)4/h6-7,9H,5,8,13H2,1-4H3. The fourth-order valence-electron chi connectivity index (χ4n) is 1.66. The Morgan fingerprint density at radius 3 is 2.89 bits per heavy atom. The molecule has 0 saturated carbocycles. The number of imidazole rings is 1. The highest BCUT2D eigenvalue weighted by Crippen LogP contribution is 2.26. The minimum Gasteiger partial charge on any atom is -0.465 e. The summed E-state index contributed by atoms with van der Waals surface area (Å²) in [6.45, 7) is 5.87. The van der Waals surface area contributed by atoms with Crippen LogP contribution in [-0.4, -0.2) is 32.9 Å². The first-order chi connectivity index (χ1) is 8.36. The number of ether oxygens (including phenoxy) is 1. The summed E-state index contributed by atoms with van der Waals surface area (Å²) in [6.07, 6.45) is 4.19. The molecule has 0 aliphatic rings. The average Bonchev–Trinajstić information content (AvgIpc) is 2.63. The predicted octanol–water partition coefficient (Wildman–Crippen LogP) is 1.57. The lowest BCUT2D eigenvalue weighted by Gasteiger charge is -2.25. The molecule has 1 aromatic rings. The third-order valence-corrected chi connectivity index (χ3v) is 3.71. The van der Waals surface area contributed by atoms with Crippen molar-refractivity contribution in [1.29, 1.82) is 0 Å². The minimum atomic E-state index is -0.951. The van der Waals surface area contributed by atoms with E-state index in [1.54, 1.807) is 31.8 Å². The molecule has 0 fully saturated rings. The lowest BCUT2D eigenvalue weighted by molar-refractivity contribution is -0.149. The molecule has 102 valence electrons. The van der Waals surface area contributed by atoms with Gasteiger partial charge in [0.05, 0.1) is 6.61 Å². The molecule has 2 N–H and O–H groups in total. The van der Waals surface area contributed by atoms with Gasteiger partial charge in [-0.25, -0.2) is 4.98 Å². The predicted molar refractivity (Wildman–Crippen MR) is 72.4 cm³/mol. The van der Waals surface area contributed by atoms with Gasteiger partial charge in [0.1, 0.15) is 5.54 Å². The maximum absolute atomic E-state index is 11.7. The molecule has 0 bridgehead atoms. The number of carbonyl (C=O) groups is 1. The van der Waals surface area contributed by atoms with E-state index >= 15 is 0 Å². The van der Waals surface area contributed by atoms with Gasteiger partial charge in [0, 0.05) is 24.7 Å². The van der Waals surface area contributed by atoms with Crippen molar-refractivity contribution >= 4 is 17.7 Å². The molecule has 0 amide bonds. The molecule has 6 heteroatoms. The highest BCUT2D eigenvalue weighted by Gasteiger charge is 2.32. The molecule has 0 saturated heterocycles. The Morgan fingerprint density at radius 1 is 1.72 bits per heavy atom. The molecule has 18 heavy (non-hydrogen) atoms. The van der Waals surface area contributed by atoms with Crippen molar-refractivity contribution in [3.63, 3.8) is 0 Å². The molecular formula is C12H21N3O2S. The van der Waals surface area contributed by atoms with Crippen LogP contribution in [0.5, 0.6) is 0 Å². The molecule has 0 radical (unpaired) electrons. The summed E-state index contributed by atoms with van der Waals surface area (Å²) >= 11 is 1.60. The van der Waals surface area contributed by atoms with Gasteiger partial charge < -0.3 is 15.0 Å². The summed E-state index contributed by atoms with van der Waals surface area (Å²) in [5, 5.41) is 1.10. The van der Waals surface area contributed by atoms with Crippen LogP contribution in [0.25, 0.3) is 0 Å². The summed E-state index contributed by atoms with van der Waals surface area (Å²) in [7, 11) is 1.94. The lowest BCUT2D eigenvalue weighted by atomic mass is 9.98. The van der Waals surface area contributed by atoms with Crippen LogP contribution in [0.1, 0.15) is 27.2 Å². The van der Waals surface area contributed by atoms with Gasteiger partial charge in [0.15, 0.2) is 5.16 Å². The normalized spacial score (nSPS) is 16.1.